The predicted octanol–water partition coefficient (Wildman–Crippen LogP) is 5.08. The van der Waals surface area contributed by atoms with Crippen molar-refractivity contribution in [3.63, 3.8) is 0 Å². The highest BCUT2D eigenvalue weighted by Gasteiger charge is 2.70. The molecule has 3 fully saturated rings. The molecule has 4 amide bonds. The number of allylic oxidation sites excluding steroid dienone is 2. The van der Waals surface area contributed by atoms with Crippen LogP contribution in [0.25, 0.3) is 0 Å². The summed E-state index contributed by atoms with van der Waals surface area (Å²) in [5.74, 6) is -6.73. The largest absolute Gasteiger partial charge is 0.504 e. The number of benzene rings is 3. The summed E-state index contributed by atoms with van der Waals surface area (Å²) in [6.45, 7) is -0.0174. The van der Waals surface area contributed by atoms with Crippen LogP contribution in [0.1, 0.15) is 42.7 Å². The molecule has 1 saturated carbocycles. The van der Waals surface area contributed by atoms with Crippen LogP contribution >= 0.6 is 11.6 Å². The van der Waals surface area contributed by atoms with E-state index in [-0.39, 0.29) is 49.6 Å². The van der Waals surface area contributed by atoms with E-state index in [2.05, 4.69) is 0 Å². The average molecular weight is 669 g/mol. The minimum Gasteiger partial charge on any atom is -0.504 e. The number of rotatable bonds is 8. The second-order valence-electron chi connectivity index (χ2n) is 12.8. The number of imide groups is 2. The minimum atomic E-state index is -1.54. The van der Waals surface area contributed by atoms with Crippen molar-refractivity contribution in [2.45, 2.75) is 37.0 Å². The number of aromatic hydroxyl groups is 1. The van der Waals surface area contributed by atoms with Crippen molar-refractivity contribution < 1.29 is 38.9 Å². The second kappa shape index (κ2) is 11.9. The number of carbonyl (C=O) groups is 5. The number of amides is 4. The molecule has 2 N–H and O–H groups in total. The van der Waals surface area contributed by atoms with Crippen molar-refractivity contribution in [2.75, 3.05) is 18.6 Å². The number of phenols is 1. The molecule has 3 aromatic carbocycles. The van der Waals surface area contributed by atoms with Gasteiger partial charge in [0, 0.05) is 29.5 Å². The number of aliphatic carboxylic acids is 1. The van der Waals surface area contributed by atoms with Crippen LogP contribution in [0.4, 0.5) is 5.69 Å². The molecule has 0 bridgehead atoms. The van der Waals surface area contributed by atoms with Gasteiger partial charge in [-0.3, -0.25) is 28.9 Å². The van der Waals surface area contributed by atoms with E-state index in [0.29, 0.717) is 27.4 Å². The maximum atomic E-state index is 15.2. The van der Waals surface area contributed by atoms with Crippen LogP contribution in [0.15, 0.2) is 84.4 Å². The Morgan fingerprint density at radius 3 is 2.42 bits per heavy atom. The number of nitrogens with zero attached hydrogens (tertiary/aromatic N) is 2. The number of hydrogen-bond donors (Lipinski definition) is 2. The fourth-order valence-corrected chi connectivity index (χ4v) is 8.88. The van der Waals surface area contributed by atoms with Crippen LogP contribution in [-0.2, 0) is 29.4 Å². The molecule has 7 rings (SSSR count). The average Bonchev–Trinajstić information content (AvgIpc) is 3.46. The maximum absolute atomic E-state index is 15.2. The lowest BCUT2D eigenvalue weighted by molar-refractivity contribution is -0.142. The Morgan fingerprint density at radius 2 is 1.71 bits per heavy atom. The zero-order chi connectivity index (χ0) is 33.9. The zero-order valence-electron chi connectivity index (χ0n) is 26.0. The number of phenolic OH excluding ortho intramolecular Hbond substituents is 1. The van der Waals surface area contributed by atoms with Crippen molar-refractivity contribution in [2.24, 2.45) is 23.7 Å². The third-order valence-electron chi connectivity index (χ3n) is 10.6. The highest BCUT2D eigenvalue weighted by molar-refractivity contribution is 6.32. The van der Waals surface area contributed by atoms with Crippen molar-refractivity contribution >= 4 is 46.9 Å². The lowest BCUT2D eigenvalue weighted by Gasteiger charge is -2.50. The maximum Gasteiger partial charge on any atom is 0.303 e. The first-order chi connectivity index (χ1) is 23.1. The zero-order valence-corrected chi connectivity index (χ0v) is 26.8. The topological polar surface area (TPSA) is 142 Å². The third kappa shape index (κ3) is 4.57. The number of hydrogen-bond acceptors (Lipinski definition) is 7. The first kappa shape index (κ1) is 31.6. The standard InChI is InChI=1S/C37H33ClN2O8/c1-48-28-13-6-12-25(32(28)43)31-23-15-16-24-30(35(46)39(33(24)44)17-7-14-29(41)42)26(23)19-27-34(45)40(22-11-5-10-21(38)18-22)36(47)37(27,31)20-8-3-2-4-9-20/h2-6,8-13,15,18,24,26-27,30-31,43H,7,14,16-17,19H2,1H3,(H,41,42)/t24-,26+,27-,30-,31+,37+/m0/s1. The Balaban J connectivity index is 1.45. The number of carboxylic acid groups (broad SMARTS) is 1. The number of halogens is 1. The van der Waals surface area contributed by atoms with Crippen LogP contribution < -0.4 is 9.64 Å². The van der Waals surface area contributed by atoms with Gasteiger partial charge in [-0.1, -0.05) is 71.8 Å². The van der Waals surface area contributed by atoms with Gasteiger partial charge in [-0.25, -0.2) is 4.90 Å². The smallest absolute Gasteiger partial charge is 0.303 e. The molecule has 2 aliphatic heterocycles. The van der Waals surface area contributed by atoms with Gasteiger partial charge in [0.1, 0.15) is 0 Å². The van der Waals surface area contributed by atoms with E-state index in [0.717, 1.165) is 4.90 Å². The molecule has 2 heterocycles. The van der Waals surface area contributed by atoms with Crippen molar-refractivity contribution in [3.05, 3.63) is 101 Å². The molecule has 2 aliphatic carbocycles. The molecule has 6 atom stereocenters. The van der Waals surface area contributed by atoms with Gasteiger partial charge in [0.15, 0.2) is 11.5 Å². The summed E-state index contributed by atoms with van der Waals surface area (Å²) in [7, 11) is 1.43. The number of anilines is 1. The normalized spacial score (nSPS) is 27.8. The molecule has 0 unspecified atom stereocenters. The molecular formula is C37H33ClN2O8. The number of carbonyl (C=O) groups excluding carboxylic acids is 4. The molecule has 4 aliphatic rings. The van der Waals surface area contributed by atoms with Crippen LogP contribution in [0, 0.1) is 23.7 Å². The number of likely N-dealkylation sites (tertiary alicyclic amines) is 1. The quantitative estimate of drug-likeness (QED) is 0.250. The van der Waals surface area contributed by atoms with Gasteiger partial charge in [-0.2, -0.15) is 0 Å². The summed E-state index contributed by atoms with van der Waals surface area (Å²) in [5, 5.41) is 21.2. The Bertz CT molecular complexity index is 1890. The van der Waals surface area contributed by atoms with E-state index in [1.807, 2.05) is 24.3 Å². The SMILES string of the molecule is COc1cccc([C@H]2C3=CC[C@@H]4C(=O)N(CCCC(=O)O)C(=O)[C@@H]4[C@@H]3C[C@H]3C(=O)N(c4cccc(Cl)c4)C(=O)[C@@]23c2ccccc2)c1O. The lowest BCUT2D eigenvalue weighted by Crippen LogP contribution is -2.53. The minimum absolute atomic E-state index is 0.0174. The van der Waals surface area contributed by atoms with Crippen LogP contribution in [0.3, 0.4) is 0 Å². The molecular weight excluding hydrogens is 636 g/mol. The first-order valence-corrected chi connectivity index (χ1v) is 16.3. The Labute approximate surface area is 281 Å². The molecule has 0 aromatic heterocycles. The van der Waals surface area contributed by atoms with E-state index in [1.165, 1.54) is 12.0 Å². The number of fused-ring (bicyclic) bond motifs is 4. The first-order valence-electron chi connectivity index (χ1n) is 15.9. The van der Waals surface area contributed by atoms with Crippen LogP contribution in [0.2, 0.25) is 5.02 Å². The summed E-state index contributed by atoms with van der Waals surface area (Å²) in [4.78, 5) is 71.2. The number of methoxy groups -OCH3 is 1. The monoisotopic (exact) mass is 668 g/mol. The number of ether oxygens (including phenoxy) is 1. The highest BCUT2D eigenvalue weighted by atomic mass is 35.5. The number of carboxylic acids is 1. The fourth-order valence-electron chi connectivity index (χ4n) is 8.70. The van der Waals surface area contributed by atoms with E-state index in [4.69, 9.17) is 21.4 Å². The van der Waals surface area contributed by atoms with Crippen LogP contribution in [-0.4, -0.2) is 58.4 Å². The number of para-hydroxylation sites is 1. The van der Waals surface area contributed by atoms with E-state index in [9.17, 15) is 24.3 Å². The molecule has 2 saturated heterocycles. The third-order valence-corrected chi connectivity index (χ3v) is 10.8. The molecule has 0 spiro atoms. The summed E-state index contributed by atoms with van der Waals surface area (Å²) in [5.41, 5.74) is 0.411. The second-order valence-corrected chi connectivity index (χ2v) is 13.3. The Kier molecular flexibility index (Phi) is 7.86. The van der Waals surface area contributed by atoms with E-state index < -0.39 is 58.7 Å². The van der Waals surface area contributed by atoms with Gasteiger partial charge < -0.3 is 14.9 Å². The Morgan fingerprint density at radius 1 is 0.958 bits per heavy atom. The van der Waals surface area contributed by atoms with Gasteiger partial charge in [0.25, 0.3) is 0 Å². The fraction of sp³-hybridized carbons (Fsp3) is 0.324. The van der Waals surface area contributed by atoms with Gasteiger partial charge in [0.05, 0.1) is 36.0 Å². The summed E-state index contributed by atoms with van der Waals surface area (Å²) in [6, 6.07) is 20.6. The van der Waals surface area contributed by atoms with E-state index >= 15 is 4.79 Å². The molecule has 11 heteroatoms. The van der Waals surface area contributed by atoms with Crippen molar-refractivity contribution in [1.82, 2.24) is 4.90 Å². The van der Waals surface area contributed by atoms with Gasteiger partial charge in [0.2, 0.25) is 23.6 Å². The molecule has 246 valence electrons. The van der Waals surface area contributed by atoms with Crippen molar-refractivity contribution in [3.8, 4) is 11.5 Å². The molecule has 0 radical (unpaired) electrons. The highest BCUT2D eigenvalue weighted by Crippen LogP contribution is 2.65. The predicted molar refractivity (Wildman–Crippen MR) is 174 cm³/mol. The van der Waals surface area contributed by atoms with E-state index in [1.54, 1.807) is 54.6 Å². The van der Waals surface area contributed by atoms with Gasteiger partial charge in [-0.05, 0) is 55.0 Å². The van der Waals surface area contributed by atoms with Crippen molar-refractivity contribution in [1.29, 1.82) is 0 Å². The lowest BCUT2D eigenvalue weighted by atomic mass is 9.49. The molecule has 48 heavy (non-hydrogen) atoms. The Hall–Kier alpha value is -4.96. The molecule has 3 aromatic rings. The summed E-state index contributed by atoms with van der Waals surface area (Å²) >= 11 is 6.35. The van der Waals surface area contributed by atoms with Crippen LogP contribution in [0.5, 0.6) is 11.5 Å². The molecule has 10 nitrogen and oxygen atoms in total. The van der Waals surface area contributed by atoms with Gasteiger partial charge in [-0.15, -0.1) is 0 Å². The summed E-state index contributed by atoms with van der Waals surface area (Å²) < 4.78 is 5.49. The summed E-state index contributed by atoms with van der Waals surface area (Å²) in [6.07, 6.45) is 2.16. The van der Waals surface area contributed by atoms with Gasteiger partial charge >= 0.3 is 5.97 Å².